The van der Waals surface area contributed by atoms with Gasteiger partial charge >= 0.3 is 0 Å². The van der Waals surface area contributed by atoms with Crippen molar-refractivity contribution < 1.29 is 19.0 Å². The topological polar surface area (TPSA) is 56.8 Å². The molecule has 1 amide bonds. The van der Waals surface area contributed by atoms with E-state index < -0.39 is 0 Å². The summed E-state index contributed by atoms with van der Waals surface area (Å²) in [5, 5.41) is 2.82. The summed E-state index contributed by atoms with van der Waals surface area (Å²) >= 11 is 0. The predicted octanol–water partition coefficient (Wildman–Crippen LogP) is 2.79. The maximum absolute atomic E-state index is 12.1. The highest BCUT2D eigenvalue weighted by atomic mass is 16.7. The van der Waals surface area contributed by atoms with Crippen molar-refractivity contribution in [3.8, 4) is 17.2 Å². The van der Waals surface area contributed by atoms with Gasteiger partial charge in [0, 0.05) is 5.56 Å². The van der Waals surface area contributed by atoms with E-state index in [4.69, 9.17) is 14.2 Å². The Kier molecular flexibility index (Phi) is 4.66. The van der Waals surface area contributed by atoms with Gasteiger partial charge in [0.2, 0.25) is 6.79 Å². The molecule has 1 heterocycles. The van der Waals surface area contributed by atoms with E-state index in [1.807, 2.05) is 24.3 Å². The fourth-order valence-electron chi connectivity index (χ4n) is 2.29. The second kappa shape index (κ2) is 7.05. The molecule has 0 aromatic heterocycles. The molecule has 1 N–H and O–H groups in total. The molecule has 0 spiro atoms. The molecule has 23 heavy (non-hydrogen) atoms. The fraction of sp³-hybridized carbons (Fsp3) is 0.278. The van der Waals surface area contributed by atoms with Crippen LogP contribution in [0.25, 0.3) is 0 Å². The van der Waals surface area contributed by atoms with Crippen LogP contribution in [0.2, 0.25) is 0 Å². The number of hydrogen-bond acceptors (Lipinski definition) is 4. The zero-order chi connectivity index (χ0) is 16.1. The molecule has 0 fully saturated rings. The second-order valence-corrected chi connectivity index (χ2v) is 5.17. The molecule has 2 aromatic carbocycles. The first kappa shape index (κ1) is 15.2. The summed E-state index contributed by atoms with van der Waals surface area (Å²) in [6.45, 7) is 3.16. The Morgan fingerprint density at radius 2 is 1.91 bits per heavy atom. The number of nitrogens with one attached hydrogen (secondary N) is 1. The first-order chi connectivity index (χ1) is 11.3. The summed E-state index contributed by atoms with van der Waals surface area (Å²) in [6.07, 6.45) is 1.01. The van der Waals surface area contributed by atoms with Crippen LogP contribution in [0.4, 0.5) is 0 Å². The van der Waals surface area contributed by atoms with Crippen LogP contribution in [-0.4, -0.2) is 25.9 Å². The third kappa shape index (κ3) is 3.74. The van der Waals surface area contributed by atoms with Crippen molar-refractivity contribution in [2.24, 2.45) is 0 Å². The van der Waals surface area contributed by atoms with Gasteiger partial charge in [-0.25, -0.2) is 0 Å². The number of rotatable bonds is 6. The fourth-order valence-corrected chi connectivity index (χ4v) is 2.29. The number of aryl methyl sites for hydroxylation is 1. The molecule has 0 aliphatic carbocycles. The van der Waals surface area contributed by atoms with Crippen LogP contribution in [0.5, 0.6) is 17.2 Å². The highest BCUT2D eigenvalue weighted by molar-refractivity contribution is 5.94. The lowest BCUT2D eigenvalue weighted by atomic mass is 10.2. The largest absolute Gasteiger partial charge is 0.492 e. The Morgan fingerprint density at radius 1 is 1.13 bits per heavy atom. The lowest BCUT2D eigenvalue weighted by molar-refractivity contribution is 0.0946. The van der Waals surface area contributed by atoms with E-state index in [1.165, 1.54) is 5.56 Å². The normalized spacial score (nSPS) is 12.0. The first-order valence-corrected chi connectivity index (χ1v) is 7.66. The molecular formula is C18H19NO4. The van der Waals surface area contributed by atoms with Crippen LogP contribution < -0.4 is 19.5 Å². The molecule has 2 aromatic rings. The molecule has 0 radical (unpaired) electrons. The summed E-state index contributed by atoms with van der Waals surface area (Å²) in [4.78, 5) is 12.1. The predicted molar refractivity (Wildman–Crippen MR) is 86.2 cm³/mol. The van der Waals surface area contributed by atoms with Gasteiger partial charge in [0.05, 0.1) is 6.54 Å². The Morgan fingerprint density at radius 3 is 2.70 bits per heavy atom. The van der Waals surface area contributed by atoms with Gasteiger partial charge in [0.1, 0.15) is 12.4 Å². The number of amides is 1. The summed E-state index contributed by atoms with van der Waals surface area (Å²) < 4.78 is 16.1. The maximum atomic E-state index is 12.1. The number of carbonyl (C=O) groups excluding carboxylic acids is 1. The molecule has 1 aliphatic heterocycles. The maximum Gasteiger partial charge on any atom is 0.251 e. The number of benzene rings is 2. The van der Waals surface area contributed by atoms with Crippen molar-refractivity contribution in [3.63, 3.8) is 0 Å². The van der Waals surface area contributed by atoms with Gasteiger partial charge < -0.3 is 19.5 Å². The molecule has 0 unspecified atom stereocenters. The highest BCUT2D eigenvalue weighted by Gasteiger charge is 2.15. The molecule has 0 bridgehead atoms. The second-order valence-electron chi connectivity index (χ2n) is 5.17. The van der Waals surface area contributed by atoms with Gasteiger partial charge in [0.15, 0.2) is 11.5 Å². The van der Waals surface area contributed by atoms with Crippen molar-refractivity contribution in [1.29, 1.82) is 0 Å². The Balaban J connectivity index is 1.45. The van der Waals surface area contributed by atoms with E-state index in [1.54, 1.807) is 18.2 Å². The quantitative estimate of drug-likeness (QED) is 0.833. The van der Waals surface area contributed by atoms with Crippen molar-refractivity contribution in [2.45, 2.75) is 13.3 Å². The van der Waals surface area contributed by atoms with Crippen molar-refractivity contribution in [1.82, 2.24) is 5.32 Å². The van der Waals surface area contributed by atoms with Crippen LogP contribution in [-0.2, 0) is 6.42 Å². The van der Waals surface area contributed by atoms with Gasteiger partial charge in [-0.3, -0.25) is 4.79 Å². The molecular weight excluding hydrogens is 294 g/mol. The molecule has 1 aliphatic rings. The van der Waals surface area contributed by atoms with Crippen molar-refractivity contribution in [3.05, 3.63) is 53.6 Å². The van der Waals surface area contributed by atoms with Crippen LogP contribution >= 0.6 is 0 Å². The lowest BCUT2D eigenvalue weighted by Gasteiger charge is -2.08. The monoisotopic (exact) mass is 313 g/mol. The Bertz CT molecular complexity index is 682. The van der Waals surface area contributed by atoms with E-state index in [-0.39, 0.29) is 12.7 Å². The molecule has 0 saturated carbocycles. The average Bonchev–Trinajstić information content (AvgIpc) is 3.06. The third-order valence-electron chi connectivity index (χ3n) is 3.62. The van der Waals surface area contributed by atoms with Gasteiger partial charge in [-0.1, -0.05) is 19.1 Å². The van der Waals surface area contributed by atoms with Gasteiger partial charge in [0.25, 0.3) is 5.91 Å². The molecule has 0 saturated heterocycles. The van der Waals surface area contributed by atoms with Crippen molar-refractivity contribution in [2.75, 3.05) is 19.9 Å². The summed E-state index contributed by atoms with van der Waals surface area (Å²) in [5.74, 6) is 1.91. The van der Waals surface area contributed by atoms with Crippen LogP contribution in [0.1, 0.15) is 22.8 Å². The zero-order valence-corrected chi connectivity index (χ0v) is 13.0. The lowest BCUT2D eigenvalue weighted by Crippen LogP contribution is -2.28. The minimum absolute atomic E-state index is 0.159. The number of carbonyl (C=O) groups is 1. The van der Waals surface area contributed by atoms with E-state index >= 15 is 0 Å². The summed E-state index contributed by atoms with van der Waals surface area (Å²) in [7, 11) is 0. The molecule has 5 heteroatoms. The van der Waals surface area contributed by atoms with E-state index in [0.29, 0.717) is 30.2 Å². The van der Waals surface area contributed by atoms with E-state index in [2.05, 4.69) is 12.2 Å². The zero-order valence-electron chi connectivity index (χ0n) is 13.0. The SMILES string of the molecule is CCc1ccc(OCCNC(=O)c2ccc3c(c2)OCO3)cc1. The number of ether oxygens (including phenoxy) is 3. The number of hydrogen-bond donors (Lipinski definition) is 1. The molecule has 0 atom stereocenters. The van der Waals surface area contributed by atoms with Gasteiger partial charge in [-0.05, 0) is 42.3 Å². The summed E-state index contributed by atoms with van der Waals surface area (Å²) in [5.41, 5.74) is 1.81. The minimum atomic E-state index is -0.159. The molecule has 3 rings (SSSR count). The Labute approximate surface area is 135 Å². The smallest absolute Gasteiger partial charge is 0.251 e. The molecule has 120 valence electrons. The van der Waals surface area contributed by atoms with E-state index in [0.717, 1.165) is 12.2 Å². The van der Waals surface area contributed by atoms with Gasteiger partial charge in [-0.2, -0.15) is 0 Å². The Hall–Kier alpha value is -2.69. The highest BCUT2D eigenvalue weighted by Crippen LogP contribution is 2.32. The van der Waals surface area contributed by atoms with Crippen LogP contribution in [0.3, 0.4) is 0 Å². The molecule has 5 nitrogen and oxygen atoms in total. The third-order valence-corrected chi connectivity index (χ3v) is 3.62. The average molecular weight is 313 g/mol. The van der Waals surface area contributed by atoms with Crippen LogP contribution in [0.15, 0.2) is 42.5 Å². The van der Waals surface area contributed by atoms with Crippen LogP contribution in [0, 0.1) is 0 Å². The van der Waals surface area contributed by atoms with Gasteiger partial charge in [-0.15, -0.1) is 0 Å². The van der Waals surface area contributed by atoms with E-state index in [9.17, 15) is 4.79 Å². The standard InChI is InChI=1S/C18H19NO4/c1-2-13-3-6-15(7-4-13)21-10-9-19-18(20)14-5-8-16-17(11-14)23-12-22-16/h3-8,11H,2,9-10,12H2,1H3,(H,19,20). The van der Waals surface area contributed by atoms with Crippen molar-refractivity contribution >= 4 is 5.91 Å². The first-order valence-electron chi connectivity index (χ1n) is 7.66. The number of fused-ring (bicyclic) bond motifs is 1. The summed E-state index contributed by atoms with van der Waals surface area (Å²) in [6, 6.07) is 13.1. The minimum Gasteiger partial charge on any atom is -0.492 e.